The first-order valence-electron chi connectivity index (χ1n) is 10.2. The van der Waals surface area contributed by atoms with Gasteiger partial charge in [0, 0.05) is 23.4 Å². The molecule has 0 amide bonds. The normalized spacial score (nSPS) is 32.1. The maximum Gasteiger partial charge on any atom is 0.336 e. The summed E-state index contributed by atoms with van der Waals surface area (Å²) in [7, 11) is 0. The zero-order valence-electron chi connectivity index (χ0n) is 17.0. The largest absolute Gasteiger partial charge is 0.493 e. The van der Waals surface area contributed by atoms with E-state index >= 15 is 0 Å². The summed E-state index contributed by atoms with van der Waals surface area (Å²) >= 11 is 0. The first kappa shape index (κ1) is 19.3. The number of aliphatic hydroxyl groups is 1. The van der Waals surface area contributed by atoms with Crippen LogP contribution >= 0.6 is 0 Å². The van der Waals surface area contributed by atoms with Gasteiger partial charge in [-0.15, -0.1) is 0 Å². The van der Waals surface area contributed by atoms with Gasteiger partial charge in [-0.05, 0) is 60.6 Å². The van der Waals surface area contributed by atoms with Crippen molar-refractivity contribution in [3.63, 3.8) is 0 Å². The van der Waals surface area contributed by atoms with Crippen molar-refractivity contribution in [2.75, 3.05) is 6.61 Å². The number of benzene rings is 1. The van der Waals surface area contributed by atoms with E-state index in [9.17, 15) is 9.90 Å². The minimum absolute atomic E-state index is 0.0709. The van der Waals surface area contributed by atoms with E-state index in [0.717, 1.165) is 31.1 Å². The van der Waals surface area contributed by atoms with Gasteiger partial charge in [-0.25, -0.2) is 4.79 Å². The fourth-order valence-electron chi connectivity index (χ4n) is 5.78. The molecule has 2 aromatic rings. The first-order valence-corrected chi connectivity index (χ1v) is 10.2. The van der Waals surface area contributed by atoms with Gasteiger partial charge in [0.05, 0.1) is 12.7 Å². The van der Waals surface area contributed by atoms with Crippen LogP contribution in [0, 0.1) is 22.7 Å². The molecule has 0 unspecified atom stereocenters. The Kier molecular flexibility index (Phi) is 4.65. The van der Waals surface area contributed by atoms with Crippen LogP contribution in [-0.2, 0) is 0 Å². The van der Waals surface area contributed by atoms with Crippen molar-refractivity contribution in [1.82, 2.24) is 0 Å². The minimum atomic E-state index is -0.358. The third-order valence-corrected chi connectivity index (χ3v) is 7.56. The molecule has 4 nitrogen and oxygen atoms in total. The molecule has 0 spiro atoms. The second-order valence-corrected chi connectivity index (χ2v) is 9.45. The summed E-state index contributed by atoms with van der Waals surface area (Å²) in [5.41, 5.74) is 1.40. The third kappa shape index (κ3) is 3.08. The van der Waals surface area contributed by atoms with E-state index in [4.69, 9.17) is 9.15 Å². The van der Waals surface area contributed by atoms with E-state index in [0.29, 0.717) is 23.9 Å². The van der Waals surface area contributed by atoms with Crippen LogP contribution in [0.2, 0.25) is 0 Å². The molecule has 2 fully saturated rings. The van der Waals surface area contributed by atoms with Crippen molar-refractivity contribution in [1.29, 1.82) is 0 Å². The molecule has 1 aromatic carbocycles. The molecule has 0 radical (unpaired) electrons. The van der Waals surface area contributed by atoms with Gasteiger partial charge in [-0.1, -0.05) is 32.9 Å². The number of fused-ring (bicyclic) bond motifs is 2. The molecule has 0 saturated heterocycles. The SMILES string of the molecule is C=C1CC[C@H]2C(C)(C)[C@@H](O)CC[C@]2(C)[C@H]1COc1ccc2ccc(=O)oc2c1. The Morgan fingerprint density at radius 2 is 1.96 bits per heavy atom. The number of aliphatic hydroxyl groups excluding tert-OH is 1. The molecule has 2 saturated carbocycles. The summed E-state index contributed by atoms with van der Waals surface area (Å²) in [5, 5.41) is 11.5. The molecule has 150 valence electrons. The Balaban J connectivity index is 1.58. The van der Waals surface area contributed by atoms with Crippen molar-refractivity contribution in [2.24, 2.45) is 22.7 Å². The maximum absolute atomic E-state index is 11.5. The van der Waals surface area contributed by atoms with E-state index in [1.54, 1.807) is 12.1 Å². The maximum atomic E-state index is 11.5. The summed E-state index contributed by atoms with van der Waals surface area (Å²) in [6.07, 6.45) is 3.63. The lowest BCUT2D eigenvalue weighted by atomic mass is 9.47. The molecule has 4 heteroatoms. The van der Waals surface area contributed by atoms with Gasteiger partial charge < -0.3 is 14.3 Å². The van der Waals surface area contributed by atoms with Crippen LogP contribution in [0.4, 0.5) is 0 Å². The van der Waals surface area contributed by atoms with E-state index in [2.05, 4.69) is 27.4 Å². The van der Waals surface area contributed by atoms with Crippen molar-refractivity contribution in [2.45, 2.75) is 52.6 Å². The Bertz CT molecular complexity index is 956. The summed E-state index contributed by atoms with van der Waals surface area (Å²) in [4.78, 5) is 11.5. The van der Waals surface area contributed by atoms with Crippen molar-refractivity contribution in [3.05, 3.63) is 52.9 Å². The Labute approximate surface area is 166 Å². The van der Waals surface area contributed by atoms with Crippen LogP contribution < -0.4 is 10.4 Å². The molecular formula is C24H30O4. The number of rotatable bonds is 3. The summed E-state index contributed by atoms with van der Waals surface area (Å²) in [6, 6.07) is 8.80. The summed E-state index contributed by atoms with van der Waals surface area (Å²) < 4.78 is 11.5. The molecular weight excluding hydrogens is 352 g/mol. The predicted molar refractivity (Wildman–Crippen MR) is 110 cm³/mol. The highest BCUT2D eigenvalue weighted by molar-refractivity contribution is 5.77. The lowest BCUT2D eigenvalue weighted by Gasteiger charge is -2.59. The van der Waals surface area contributed by atoms with Crippen LogP contribution in [0.25, 0.3) is 11.0 Å². The van der Waals surface area contributed by atoms with Crippen LogP contribution in [0.15, 0.2) is 51.7 Å². The zero-order chi connectivity index (χ0) is 20.1. The highest BCUT2D eigenvalue weighted by Gasteiger charge is 2.56. The molecule has 0 bridgehead atoms. The Morgan fingerprint density at radius 3 is 2.75 bits per heavy atom. The molecule has 28 heavy (non-hydrogen) atoms. The predicted octanol–water partition coefficient (Wildman–Crippen LogP) is 4.94. The molecule has 2 aliphatic rings. The molecule has 2 aliphatic carbocycles. The van der Waals surface area contributed by atoms with Crippen molar-refractivity contribution in [3.8, 4) is 5.75 Å². The summed E-state index contributed by atoms with van der Waals surface area (Å²) in [5.74, 6) is 1.39. The highest BCUT2D eigenvalue weighted by Crippen LogP contribution is 2.60. The lowest BCUT2D eigenvalue weighted by molar-refractivity contribution is -0.128. The van der Waals surface area contributed by atoms with Gasteiger partial charge in [0.2, 0.25) is 0 Å². The third-order valence-electron chi connectivity index (χ3n) is 7.56. The van der Waals surface area contributed by atoms with E-state index in [1.807, 2.05) is 12.1 Å². The molecule has 1 N–H and O–H groups in total. The van der Waals surface area contributed by atoms with Crippen molar-refractivity contribution < 1.29 is 14.3 Å². The smallest absolute Gasteiger partial charge is 0.336 e. The Morgan fingerprint density at radius 1 is 1.21 bits per heavy atom. The first-order chi connectivity index (χ1) is 13.2. The number of hydrogen-bond donors (Lipinski definition) is 1. The molecule has 0 aliphatic heterocycles. The van der Waals surface area contributed by atoms with E-state index in [1.165, 1.54) is 11.6 Å². The number of ether oxygens (including phenoxy) is 1. The fraction of sp³-hybridized carbons (Fsp3) is 0.542. The van der Waals surface area contributed by atoms with Gasteiger partial charge in [-0.2, -0.15) is 0 Å². The minimum Gasteiger partial charge on any atom is -0.493 e. The average Bonchev–Trinajstić information content (AvgIpc) is 2.64. The summed E-state index contributed by atoms with van der Waals surface area (Å²) in [6.45, 7) is 11.7. The number of hydrogen-bond acceptors (Lipinski definition) is 4. The second kappa shape index (κ2) is 6.77. The van der Waals surface area contributed by atoms with Crippen LogP contribution in [-0.4, -0.2) is 17.8 Å². The van der Waals surface area contributed by atoms with Crippen LogP contribution in [0.5, 0.6) is 5.75 Å². The second-order valence-electron chi connectivity index (χ2n) is 9.45. The molecule has 4 rings (SSSR count). The van der Waals surface area contributed by atoms with Crippen LogP contribution in [0.1, 0.15) is 46.5 Å². The zero-order valence-corrected chi connectivity index (χ0v) is 17.0. The van der Waals surface area contributed by atoms with Gasteiger partial charge in [-0.3, -0.25) is 0 Å². The topological polar surface area (TPSA) is 59.7 Å². The Hall–Kier alpha value is -2.07. The lowest BCUT2D eigenvalue weighted by Crippen LogP contribution is -2.55. The monoisotopic (exact) mass is 382 g/mol. The van der Waals surface area contributed by atoms with E-state index in [-0.39, 0.29) is 28.5 Å². The van der Waals surface area contributed by atoms with Gasteiger partial charge in [0.25, 0.3) is 0 Å². The quantitative estimate of drug-likeness (QED) is 0.603. The fourth-order valence-corrected chi connectivity index (χ4v) is 5.78. The molecule has 1 heterocycles. The van der Waals surface area contributed by atoms with Gasteiger partial charge in [0.15, 0.2) is 0 Å². The van der Waals surface area contributed by atoms with Crippen molar-refractivity contribution >= 4 is 11.0 Å². The molecule has 4 atom stereocenters. The highest BCUT2D eigenvalue weighted by atomic mass is 16.5. The van der Waals surface area contributed by atoms with Gasteiger partial charge in [0.1, 0.15) is 11.3 Å². The molecule has 1 aromatic heterocycles. The van der Waals surface area contributed by atoms with Crippen LogP contribution in [0.3, 0.4) is 0 Å². The standard InChI is InChI=1S/C24H30O4/c1-15-5-9-20-23(2,3)21(25)11-12-24(20,4)18(15)14-27-17-8-6-16-7-10-22(26)28-19(16)13-17/h6-8,10,13,18,20-21,25H,1,5,9,11-12,14H2,2-4H3/t18-,20-,21-,24+/m0/s1. The average molecular weight is 383 g/mol. The van der Waals surface area contributed by atoms with E-state index < -0.39 is 0 Å². The van der Waals surface area contributed by atoms with Gasteiger partial charge >= 0.3 is 5.63 Å².